The van der Waals surface area contributed by atoms with Gasteiger partial charge in [0.2, 0.25) is 5.91 Å². The van der Waals surface area contributed by atoms with Gasteiger partial charge in [-0.1, -0.05) is 18.6 Å². The molecule has 172 valence electrons. The molecule has 1 atom stereocenters. The molecule has 2 aromatic rings. The number of rotatable bonds is 8. The van der Waals surface area contributed by atoms with E-state index in [9.17, 15) is 18.8 Å². The molecule has 0 saturated heterocycles. The van der Waals surface area contributed by atoms with Gasteiger partial charge in [0, 0.05) is 30.3 Å². The number of benzene rings is 1. The van der Waals surface area contributed by atoms with Crippen LogP contribution >= 0.6 is 0 Å². The number of nitrogens with zero attached hydrogens (tertiary/aromatic N) is 2. The van der Waals surface area contributed by atoms with E-state index in [0.717, 1.165) is 24.8 Å². The first kappa shape index (κ1) is 23.7. The first-order valence-electron chi connectivity index (χ1n) is 11.1. The zero-order valence-electron chi connectivity index (χ0n) is 19.4. The van der Waals surface area contributed by atoms with Crippen LogP contribution in [-0.2, 0) is 22.6 Å². The number of methoxy groups -OCH3 is 1. The van der Waals surface area contributed by atoms with E-state index < -0.39 is 12.0 Å². The normalized spacial score (nSPS) is 14.6. The second-order valence-electron chi connectivity index (χ2n) is 8.43. The second kappa shape index (κ2) is 9.67. The summed E-state index contributed by atoms with van der Waals surface area (Å²) in [4.78, 5) is 40.9. The lowest BCUT2D eigenvalue weighted by atomic mass is 9.83. The molecule has 3 rings (SSSR count). The molecule has 1 aliphatic carbocycles. The molecule has 1 heterocycles. The van der Waals surface area contributed by atoms with Crippen LogP contribution < -0.4 is 0 Å². The molecule has 0 unspecified atom stereocenters. The third-order valence-electron chi connectivity index (χ3n) is 6.56. The van der Waals surface area contributed by atoms with E-state index in [1.54, 1.807) is 42.4 Å². The van der Waals surface area contributed by atoms with Gasteiger partial charge in [0.15, 0.2) is 5.78 Å². The van der Waals surface area contributed by atoms with E-state index in [2.05, 4.69) is 0 Å². The van der Waals surface area contributed by atoms with Gasteiger partial charge in [-0.05, 0) is 63.8 Å². The average molecular weight is 443 g/mol. The van der Waals surface area contributed by atoms with E-state index in [-0.39, 0.29) is 30.0 Å². The Morgan fingerprint density at radius 2 is 1.81 bits per heavy atom. The minimum Gasteiger partial charge on any atom is -0.464 e. The lowest BCUT2D eigenvalue weighted by Crippen LogP contribution is -2.47. The van der Waals surface area contributed by atoms with Crippen LogP contribution in [0.2, 0.25) is 0 Å². The van der Waals surface area contributed by atoms with Crippen molar-refractivity contribution in [3.8, 4) is 0 Å². The van der Waals surface area contributed by atoms with Crippen molar-refractivity contribution >= 4 is 17.7 Å². The number of amides is 1. The molecule has 0 bridgehead atoms. The number of Topliss-reactive ketones (excluding diaryl/α,β-unsaturated/α-hetero) is 1. The van der Waals surface area contributed by atoms with Crippen LogP contribution in [-0.4, -0.2) is 40.3 Å². The van der Waals surface area contributed by atoms with Gasteiger partial charge >= 0.3 is 5.97 Å². The topological polar surface area (TPSA) is 68.6 Å². The van der Waals surface area contributed by atoms with Crippen LogP contribution in [0.4, 0.5) is 4.39 Å². The highest BCUT2D eigenvalue weighted by molar-refractivity contribution is 6.06. The van der Waals surface area contributed by atoms with E-state index in [1.165, 1.54) is 19.2 Å². The molecule has 1 aliphatic rings. The molecular formula is C25H31FN2O4. The summed E-state index contributed by atoms with van der Waals surface area (Å²) in [6, 6.07) is 5.24. The standard InChI is InChI=1S/C25H31FN2O4/c1-6-27-16(3)21(15(2)22(27)25(31)32-5)23(29)17(4)28(24(30)19-8-7-9-19)14-18-10-12-20(26)13-11-18/h10-13,17,19H,6-9,14H2,1-5H3/t17-/m1/s1. The maximum absolute atomic E-state index is 13.7. The van der Waals surface area contributed by atoms with Crippen molar-refractivity contribution < 1.29 is 23.5 Å². The number of aromatic nitrogens is 1. The summed E-state index contributed by atoms with van der Waals surface area (Å²) in [7, 11) is 1.32. The van der Waals surface area contributed by atoms with Crippen LogP contribution in [0.15, 0.2) is 24.3 Å². The predicted octanol–water partition coefficient (Wildman–Crippen LogP) is 4.45. The Kier molecular flexibility index (Phi) is 7.16. The van der Waals surface area contributed by atoms with E-state index in [4.69, 9.17) is 4.74 Å². The molecule has 0 aliphatic heterocycles. The SMILES string of the molecule is CCn1c(C)c(C(=O)[C@@H](C)N(Cc2ccc(F)cc2)C(=O)C2CCC2)c(C)c1C(=O)OC. The molecule has 1 amide bonds. The van der Waals surface area contributed by atoms with Gasteiger partial charge in [0.25, 0.3) is 0 Å². The zero-order chi connectivity index (χ0) is 23.6. The van der Waals surface area contributed by atoms with Crippen molar-refractivity contribution in [2.24, 2.45) is 5.92 Å². The largest absolute Gasteiger partial charge is 0.464 e. The minimum atomic E-state index is -0.733. The van der Waals surface area contributed by atoms with Crippen LogP contribution in [0.3, 0.4) is 0 Å². The molecule has 1 saturated carbocycles. The van der Waals surface area contributed by atoms with Crippen molar-refractivity contribution in [1.82, 2.24) is 9.47 Å². The molecule has 7 heteroatoms. The average Bonchev–Trinajstić information content (AvgIpc) is 2.99. The van der Waals surface area contributed by atoms with E-state index in [1.807, 2.05) is 6.92 Å². The fourth-order valence-electron chi connectivity index (χ4n) is 4.45. The summed E-state index contributed by atoms with van der Waals surface area (Å²) in [6.07, 6.45) is 2.63. The molecule has 1 aromatic carbocycles. The summed E-state index contributed by atoms with van der Waals surface area (Å²) in [6.45, 7) is 7.91. The van der Waals surface area contributed by atoms with Crippen LogP contribution in [0.1, 0.15) is 70.8 Å². The van der Waals surface area contributed by atoms with Gasteiger partial charge in [-0.2, -0.15) is 0 Å². The highest BCUT2D eigenvalue weighted by atomic mass is 19.1. The van der Waals surface area contributed by atoms with Crippen molar-refractivity contribution in [3.05, 3.63) is 58.2 Å². The van der Waals surface area contributed by atoms with Crippen LogP contribution in [0.5, 0.6) is 0 Å². The highest BCUT2D eigenvalue weighted by Crippen LogP contribution is 2.31. The van der Waals surface area contributed by atoms with Gasteiger partial charge in [-0.15, -0.1) is 0 Å². The van der Waals surface area contributed by atoms with Crippen molar-refractivity contribution in [1.29, 1.82) is 0 Å². The summed E-state index contributed by atoms with van der Waals surface area (Å²) >= 11 is 0. The quantitative estimate of drug-likeness (QED) is 0.447. The van der Waals surface area contributed by atoms with Gasteiger partial charge in [0.05, 0.1) is 13.2 Å². The monoisotopic (exact) mass is 442 g/mol. The minimum absolute atomic E-state index is 0.0557. The van der Waals surface area contributed by atoms with Gasteiger partial charge in [0.1, 0.15) is 11.5 Å². The molecule has 1 fully saturated rings. The molecule has 0 N–H and O–H groups in total. The summed E-state index contributed by atoms with van der Waals surface area (Å²) in [5.41, 5.74) is 2.81. The lowest BCUT2D eigenvalue weighted by molar-refractivity contribution is -0.140. The molecule has 6 nitrogen and oxygen atoms in total. The van der Waals surface area contributed by atoms with Gasteiger partial charge in [-0.25, -0.2) is 9.18 Å². The first-order valence-corrected chi connectivity index (χ1v) is 11.1. The lowest BCUT2D eigenvalue weighted by Gasteiger charge is -2.35. The number of hydrogen-bond donors (Lipinski definition) is 0. The summed E-state index contributed by atoms with van der Waals surface area (Å²) in [5.74, 6) is -1.20. The third kappa shape index (κ3) is 4.33. The predicted molar refractivity (Wildman–Crippen MR) is 119 cm³/mol. The molecule has 0 radical (unpaired) electrons. The third-order valence-corrected chi connectivity index (χ3v) is 6.56. The van der Waals surface area contributed by atoms with Gasteiger partial charge in [-0.3, -0.25) is 9.59 Å². The molecule has 32 heavy (non-hydrogen) atoms. The Morgan fingerprint density at radius 3 is 2.31 bits per heavy atom. The summed E-state index contributed by atoms with van der Waals surface area (Å²) < 4.78 is 20.1. The smallest absolute Gasteiger partial charge is 0.354 e. The Morgan fingerprint density at radius 1 is 1.19 bits per heavy atom. The van der Waals surface area contributed by atoms with Crippen molar-refractivity contribution in [3.63, 3.8) is 0 Å². The zero-order valence-corrected chi connectivity index (χ0v) is 19.4. The number of esters is 1. The Hall–Kier alpha value is -2.96. The number of halogens is 1. The Balaban J connectivity index is 1.98. The summed E-state index contributed by atoms with van der Waals surface area (Å²) in [5, 5.41) is 0. The Bertz CT molecular complexity index is 1020. The maximum Gasteiger partial charge on any atom is 0.354 e. The first-order chi connectivity index (χ1) is 15.2. The molecule has 1 aromatic heterocycles. The van der Waals surface area contributed by atoms with E-state index >= 15 is 0 Å². The Labute approximate surface area is 188 Å². The molecule has 0 spiro atoms. The highest BCUT2D eigenvalue weighted by Gasteiger charge is 2.36. The van der Waals surface area contributed by atoms with Crippen molar-refractivity contribution in [2.75, 3.05) is 7.11 Å². The number of carbonyl (C=O) groups excluding carboxylic acids is 3. The number of carbonyl (C=O) groups is 3. The van der Waals surface area contributed by atoms with Crippen LogP contribution in [0, 0.1) is 25.6 Å². The number of hydrogen-bond acceptors (Lipinski definition) is 4. The molecular weight excluding hydrogens is 411 g/mol. The number of ether oxygens (including phenoxy) is 1. The van der Waals surface area contributed by atoms with Gasteiger partial charge < -0.3 is 14.2 Å². The maximum atomic E-state index is 13.7. The second-order valence-corrected chi connectivity index (χ2v) is 8.43. The van der Waals surface area contributed by atoms with Crippen LogP contribution in [0.25, 0.3) is 0 Å². The van der Waals surface area contributed by atoms with E-state index in [0.29, 0.717) is 29.1 Å². The fraction of sp³-hybridized carbons (Fsp3) is 0.480. The number of ketones is 1. The van der Waals surface area contributed by atoms with Crippen molar-refractivity contribution in [2.45, 2.75) is 66.1 Å². The fourth-order valence-corrected chi connectivity index (χ4v) is 4.45.